The van der Waals surface area contributed by atoms with Crippen molar-refractivity contribution in [3.63, 3.8) is 0 Å². The van der Waals surface area contributed by atoms with Crippen molar-refractivity contribution in [1.29, 1.82) is 0 Å². The number of thioether (sulfide) groups is 1. The molecule has 0 bridgehead atoms. The van der Waals surface area contributed by atoms with Gasteiger partial charge in [-0.1, -0.05) is 35.5 Å². The van der Waals surface area contributed by atoms with Gasteiger partial charge in [0.2, 0.25) is 17.7 Å². The molecule has 0 radical (unpaired) electrons. The Kier molecular flexibility index (Phi) is 7.43. The van der Waals surface area contributed by atoms with Crippen LogP contribution < -0.4 is 16.0 Å². The van der Waals surface area contributed by atoms with Gasteiger partial charge in [0.15, 0.2) is 5.17 Å². The van der Waals surface area contributed by atoms with Gasteiger partial charge in [0.1, 0.15) is 5.25 Å². The summed E-state index contributed by atoms with van der Waals surface area (Å²) >= 11 is 6.98. The van der Waals surface area contributed by atoms with Gasteiger partial charge in [-0.25, -0.2) is 0 Å². The molecule has 0 aliphatic carbocycles. The molecule has 2 aromatic carbocycles. The van der Waals surface area contributed by atoms with Crippen LogP contribution in [0.5, 0.6) is 0 Å². The normalized spacial score (nSPS) is 17.4. The minimum atomic E-state index is -0.593. The first-order valence-corrected chi connectivity index (χ1v) is 10.6. The minimum Gasteiger partial charge on any atom is -0.326 e. The quantitative estimate of drug-likeness (QED) is 0.454. The van der Waals surface area contributed by atoms with Gasteiger partial charge in [0.25, 0.3) is 0 Å². The zero-order chi connectivity index (χ0) is 22.4. The molecule has 10 heteroatoms. The van der Waals surface area contributed by atoms with Crippen molar-refractivity contribution in [2.45, 2.75) is 25.5 Å². The van der Waals surface area contributed by atoms with E-state index in [0.717, 1.165) is 17.3 Å². The Labute approximate surface area is 188 Å². The number of carbonyl (C=O) groups excluding carboxylic acids is 3. The molecule has 1 saturated heterocycles. The van der Waals surface area contributed by atoms with E-state index in [9.17, 15) is 14.4 Å². The number of hydrogen-bond acceptors (Lipinski definition) is 6. The number of halogens is 1. The molecule has 1 atom stereocenters. The highest BCUT2D eigenvalue weighted by atomic mass is 35.5. The third kappa shape index (κ3) is 6.66. The molecule has 1 aliphatic heterocycles. The van der Waals surface area contributed by atoms with E-state index in [1.54, 1.807) is 49.4 Å². The molecular formula is C21H20ClN5O3S. The third-order valence-electron chi connectivity index (χ3n) is 4.17. The number of nitrogens with zero attached hydrogens (tertiary/aromatic N) is 2. The molecule has 1 fully saturated rings. The highest BCUT2D eigenvalue weighted by molar-refractivity contribution is 8.15. The van der Waals surface area contributed by atoms with Gasteiger partial charge in [0.05, 0.1) is 5.71 Å². The highest BCUT2D eigenvalue weighted by Gasteiger charge is 2.32. The van der Waals surface area contributed by atoms with Crippen LogP contribution >= 0.6 is 23.4 Å². The van der Waals surface area contributed by atoms with E-state index >= 15 is 0 Å². The molecule has 0 spiro atoms. The number of amidine groups is 1. The molecule has 0 unspecified atom stereocenters. The SMILES string of the molecule is CC(=O)Nc1cccc(/C(C)=N\N=C2/NC(=O)[C@@H](CC(=O)Nc3ccc(Cl)cc3)S2)c1. The molecule has 3 N–H and O–H groups in total. The standard InChI is InChI=1S/C21H20ClN5O3S/c1-12(14-4-3-5-17(10-14)23-13(2)28)26-27-21-25-20(30)18(31-21)11-19(29)24-16-8-6-15(22)7-9-16/h3-10,18H,11H2,1-2H3,(H,23,28)(H,24,29)(H,25,27,30)/b26-12-/t18-/m1/s1. The molecular weight excluding hydrogens is 438 g/mol. The molecule has 0 saturated carbocycles. The first-order chi connectivity index (χ1) is 14.8. The second-order valence-corrected chi connectivity index (χ2v) is 8.34. The molecule has 31 heavy (non-hydrogen) atoms. The zero-order valence-corrected chi connectivity index (χ0v) is 18.4. The summed E-state index contributed by atoms with van der Waals surface area (Å²) < 4.78 is 0. The molecule has 1 heterocycles. The second-order valence-electron chi connectivity index (χ2n) is 6.71. The van der Waals surface area contributed by atoms with Crippen LogP contribution in [0.15, 0.2) is 58.7 Å². The lowest BCUT2D eigenvalue weighted by Crippen LogP contribution is -2.28. The number of anilines is 2. The van der Waals surface area contributed by atoms with Crippen molar-refractivity contribution in [3.05, 3.63) is 59.1 Å². The van der Waals surface area contributed by atoms with Gasteiger partial charge in [-0.3, -0.25) is 14.4 Å². The first kappa shape index (κ1) is 22.5. The van der Waals surface area contributed by atoms with Gasteiger partial charge in [-0.2, -0.15) is 5.10 Å². The summed E-state index contributed by atoms with van der Waals surface area (Å²) in [7, 11) is 0. The van der Waals surface area contributed by atoms with Gasteiger partial charge < -0.3 is 16.0 Å². The predicted octanol–water partition coefficient (Wildman–Crippen LogP) is 3.64. The highest BCUT2D eigenvalue weighted by Crippen LogP contribution is 2.23. The van der Waals surface area contributed by atoms with Crippen molar-refractivity contribution in [3.8, 4) is 0 Å². The number of amides is 3. The number of nitrogens with one attached hydrogen (secondary N) is 3. The number of hydrogen-bond donors (Lipinski definition) is 3. The van der Waals surface area contributed by atoms with E-state index in [1.807, 2.05) is 6.07 Å². The van der Waals surface area contributed by atoms with Gasteiger partial charge in [-0.05, 0) is 48.9 Å². The molecule has 3 rings (SSSR count). The maximum absolute atomic E-state index is 12.2. The largest absolute Gasteiger partial charge is 0.326 e. The fourth-order valence-corrected chi connectivity index (χ4v) is 3.75. The molecule has 2 aromatic rings. The Balaban J connectivity index is 1.60. The van der Waals surface area contributed by atoms with E-state index in [1.165, 1.54) is 6.92 Å². The van der Waals surface area contributed by atoms with Crippen molar-refractivity contribution in [2.24, 2.45) is 10.2 Å². The van der Waals surface area contributed by atoms with Crippen molar-refractivity contribution < 1.29 is 14.4 Å². The molecule has 8 nitrogen and oxygen atoms in total. The van der Waals surface area contributed by atoms with E-state index < -0.39 is 5.25 Å². The summed E-state index contributed by atoms with van der Waals surface area (Å²) in [6.45, 7) is 3.21. The van der Waals surface area contributed by atoms with Crippen molar-refractivity contribution in [1.82, 2.24) is 5.32 Å². The van der Waals surface area contributed by atoms with E-state index in [4.69, 9.17) is 11.6 Å². The van der Waals surface area contributed by atoms with E-state index in [-0.39, 0.29) is 24.1 Å². The van der Waals surface area contributed by atoms with Gasteiger partial charge >= 0.3 is 0 Å². The lowest BCUT2D eigenvalue weighted by atomic mass is 10.1. The Morgan fingerprint density at radius 1 is 1.10 bits per heavy atom. The summed E-state index contributed by atoms with van der Waals surface area (Å²) in [5.74, 6) is -0.746. The Morgan fingerprint density at radius 2 is 1.84 bits per heavy atom. The Hall–Kier alpha value is -3.17. The summed E-state index contributed by atoms with van der Waals surface area (Å²) in [4.78, 5) is 35.6. The zero-order valence-electron chi connectivity index (χ0n) is 16.8. The number of benzene rings is 2. The Bertz CT molecular complexity index is 1070. The van der Waals surface area contributed by atoms with E-state index in [2.05, 4.69) is 26.2 Å². The minimum absolute atomic E-state index is 0.000393. The van der Waals surface area contributed by atoms with Crippen molar-refractivity contribution >= 4 is 63.3 Å². The fourth-order valence-electron chi connectivity index (χ4n) is 2.70. The molecule has 3 amide bonds. The summed E-state index contributed by atoms with van der Waals surface area (Å²) in [5.41, 5.74) is 2.65. The van der Waals surface area contributed by atoms with Crippen LogP contribution in [-0.4, -0.2) is 33.9 Å². The summed E-state index contributed by atoms with van der Waals surface area (Å²) in [5, 5.41) is 16.6. The third-order valence-corrected chi connectivity index (χ3v) is 5.49. The van der Waals surface area contributed by atoms with Gasteiger partial charge in [0, 0.05) is 29.7 Å². The summed E-state index contributed by atoms with van der Waals surface area (Å²) in [6, 6.07) is 13.9. The molecule has 1 aliphatic rings. The first-order valence-electron chi connectivity index (χ1n) is 9.33. The Morgan fingerprint density at radius 3 is 2.55 bits per heavy atom. The maximum Gasteiger partial charge on any atom is 0.240 e. The monoisotopic (exact) mass is 457 g/mol. The number of carbonyl (C=O) groups is 3. The van der Waals surface area contributed by atoms with Crippen LogP contribution in [0.1, 0.15) is 25.8 Å². The van der Waals surface area contributed by atoms with Crippen LogP contribution in [0, 0.1) is 0 Å². The van der Waals surface area contributed by atoms with Gasteiger partial charge in [-0.15, -0.1) is 5.10 Å². The fraction of sp³-hybridized carbons (Fsp3) is 0.190. The van der Waals surface area contributed by atoms with Crippen LogP contribution in [0.4, 0.5) is 11.4 Å². The maximum atomic E-state index is 12.2. The molecule has 0 aromatic heterocycles. The lowest BCUT2D eigenvalue weighted by molar-refractivity contribution is -0.122. The van der Waals surface area contributed by atoms with Crippen molar-refractivity contribution in [2.75, 3.05) is 10.6 Å². The number of rotatable bonds is 6. The van der Waals surface area contributed by atoms with Crippen LogP contribution in [0.2, 0.25) is 5.02 Å². The smallest absolute Gasteiger partial charge is 0.240 e. The van der Waals surface area contributed by atoms with Crippen LogP contribution in [0.25, 0.3) is 0 Å². The summed E-state index contributed by atoms with van der Waals surface area (Å²) in [6.07, 6.45) is -0.000393. The molecule has 160 valence electrons. The lowest BCUT2D eigenvalue weighted by Gasteiger charge is -2.07. The van der Waals surface area contributed by atoms with Crippen LogP contribution in [-0.2, 0) is 14.4 Å². The van der Waals surface area contributed by atoms with Crippen LogP contribution in [0.3, 0.4) is 0 Å². The topological polar surface area (TPSA) is 112 Å². The average molecular weight is 458 g/mol. The second kappa shape index (κ2) is 10.2. The average Bonchev–Trinajstić information content (AvgIpc) is 3.06. The van der Waals surface area contributed by atoms with E-state index in [0.29, 0.717) is 27.3 Å². The predicted molar refractivity (Wildman–Crippen MR) is 125 cm³/mol.